The Hall–Kier alpha value is -4.06. The van der Waals surface area contributed by atoms with Crippen molar-refractivity contribution in [2.45, 2.75) is 13.1 Å². The Morgan fingerprint density at radius 2 is 1.20 bits per heavy atom. The fourth-order valence-electron chi connectivity index (χ4n) is 2.78. The Bertz CT molecular complexity index is 990. The van der Waals surface area contributed by atoms with Gasteiger partial charge >= 0.3 is 0 Å². The number of phenolic OH excluding ortho intramolecular Hbond substituents is 2. The number of carbonyl (C=O) groups is 2. The van der Waals surface area contributed by atoms with Gasteiger partial charge in [0, 0.05) is 13.1 Å². The van der Waals surface area contributed by atoms with E-state index in [1.807, 2.05) is 60.7 Å². The Morgan fingerprint density at radius 3 is 1.67 bits per heavy atom. The quantitative estimate of drug-likeness (QED) is 0.211. The lowest BCUT2D eigenvalue weighted by molar-refractivity contribution is -0.123. The molecule has 6 heteroatoms. The SMILES string of the molecule is O=C(NCc1ccccc1)C(=Cc1ccc(O)c(O)c1)C(=O)NCc1ccccc1. The van der Waals surface area contributed by atoms with Gasteiger partial charge in [0.05, 0.1) is 0 Å². The molecule has 0 spiro atoms. The third-order valence-electron chi connectivity index (χ3n) is 4.39. The van der Waals surface area contributed by atoms with Crippen molar-refractivity contribution >= 4 is 17.9 Å². The first-order chi connectivity index (χ1) is 14.5. The Kier molecular flexibility index (Phi) is 6.84. The summed E-state index contributed by atoms with van der Waals surface area (Å²) in [4.78, 5) is 25.5. The minimum atomic E-state index is -0.544. The van der Waals surface area contributed by atoms with Gasteiger partial charge in [0.25, 0.3) is 11.8 Å². The van der Waals surface area contributed by atoms with E-state index < -0.39 is 11.8 Å². The van der Waals surface area contributed by atoms with Gasteiger partial charge in [-0.1, -0.05) is 66.7 Å². The monoisotopic (exact) mass is 402 g/mol. The highest BCUT2D eigenvalue weighted by atomic mass is 16.3. The predicted molar refractivity (Wildman–Crippen MR) is 114 cm³/mol. The molecule has 0 aliphatic rings. The average molecular weight is 402 g/mol. The molecular weight excluding hydrogens is 380 g/mol. The van der Waals surface area contributed by atoms with Gasteiger partial charge in [0.15, 0.2) is 11.5 Å². The van der Waals surface area contributed by atoms with Crippen molar-refractivity contribution in [1.82, 2.24) is 10.6 Å². The molecule has 0 aromatic heterocycles. The molecule has 0 heterocycles. The molecule has 0 radical (unpaired) electrons. The zero-order valence-electron chi connectivity index (χ0n) is 16.2. The largest absolute Gasteiger partial charge is 0.504 e. The number of phenols is 2. The summed E-state index contributed by atoms with van der Waals surface area (Å²) in [5.74, 6) is -1.71. The van der Waals surface area contributed by atoms with Crippen molar-refractivity contribution in [2.24, 2.45) is 0 Å². The van der Waals surface area contributed by atoms with Gasteiger partial charge in [0.2, 0.25) is 0 Å². The van der Waals surface area contributed by atoms with Gasteiger partial charge in [-0.3, -0.25) is 9.59 Å². The summed E-state index contributed by atoms with van der Waals surface area (Å²) in [6.45, 7) is 0.535. The van der Waals surface area contributed by atoms with Gasteiger partial charge in [-0.05, 0) is 34.9 Å². The summed E-state index contributed by atoms with van der Waals surface area (Å²) in [6, 6.07) is 22.8. The summed E-state index contributed by atoms with van der Waals surface area (Å²) < 4.78 is 0. The minimum Gasteiger partial charge on any atom is -0.504 e. The van der Waals surface area contributed by atoms with Crippen molar-refractivity contribution in [3.63, 3.8) is 0 Å². The highest BCUT2D eigenvalue weighted by molar-refractivity contribution is 6.21. The molecule has 0 aliphatic carbocycles. The summed E-state index contributed by atoms with van der Waals surface area (Å²) in [6.07, 6.45) is 1.37. The van der Waals surface area contributed by atoms with Crippen LogP contribution in [0.2, 0.25) is 0 Å². The lowest BCUT2D eigenvalue weighted by atomic mass is 10.1. The molecule has 0 atom stereocenters. The van der Waals surface area contributed by atoms with Crippen LogP contribution in [0.3, 0.4) is 0 Å². The van der Waals surface area contributed by atoms with Crippen LogP contribution in [0.4, 0.5) is 0 Å². The molecular formula is C24H22N2O4. The second-order valence-electron chi connectivity index (χ2n) is 6.64. The van der Waals surface area contributed by atoms with Crippen LogP contribution in [0.1, 0.15) is 16.7 Å². The topological polar surface area (TPSA) is 98.7 Å². The third kappa shape index (κ3) is 5.72. The Morgan fingerprint density at radius 1 is 0.700 bits per heavy atom. The van der Waals surface area contributed by atoms with E-state index in [-0.39, 0.29) is 30.2 Å². The molecule has 3 rings (SSSR count). The summed E-state index contributed by atoms with van der Waals surface area (Å²) in [7, 11) is 0. The molecule has 6 nitrogen and oxygen atoms in total. The average Bonchev–Trinajstić information content (AvgIpc) is 2.78. The van der Waals surface area contributed by atoms with Crippen LogP contribution >= 0.6 is 0 Å². The van der Waals surface area contributed by atoms with E-state index in [0.717, 1.165) is 11.1 Å². The maximum atomic E-state index is 12.8. The molecule has 0 saturated carbocycles. The van der Waals surface area contributed by atoms with Gasteiger partial charge in [-0.25, -0.2) is 0 Å². The van der Waals surface area contributed by atoms with E-state index >= 15 is 0 Å². The molecule has 3 aromatic carbocycles. The van der Waals surface area contributed by atoms with Crippen molar-refractivity contribution in [2.75, 3.05) is 0 Å². The molecule has 0 bridgehead atoms. The minimum absolute atomic E-state index is 0.105. The number of benzene rings is 3. The standard InChI is InChI=1S/C24H22N2O4/c27-21-12-11-19(14-22(21)28)13-20(23(29)25-15-17-7-3-1-4-8-17)24(30)26-16-18-9-5-2-6-10-18/h1-14,27-28H,15-16H2,(H,25,29)(H,26,30). The zero-order chi connectivity index (χ0) is 21.3. The van der Waals surface area contributed by atoms with Crippen LogP contribution in [0.15, 0.2) is 84.4 Å². The number of carbonyl (C=O) groups excluding carboxylic acids is 2. The van der Waals surface area contributed by atoms with Crippen LogP contribution in [-0.2, 0) is 22.7 Å². The molecule has 0 fully saturated rings. The number of rotatable bonds is 7. The van der Waals surface area contributed by atoms with Crippen molar-refractivity contribution in [3.8, 4) is 11.5 Å². The maximum absolute atomic E-state index is 12.8. The lowest BCUT2D eigenvalue weighted by Crippen LogP contribution is -2.34. The predicted octanol–water partition coefficient (Wildman–Crippen LogP) is 3.11. The second kappa shape index (κ2) is 9.93. The van der Waals surface area contributed by atoms with Gasteiger partial charge in [-0.15, -0.1) is 0 Å². The molecule has 0 aliphatic heterocycles. The maximum Gasteiger partial charge on any atom is 0.257 e. The summed E-state index contributed by atoms with van der Waals surface area (Å²) >= 11 is 0. The first-order valence-corrected chi connectivity index (χ1v) is 9.41. The molecule has 4 N–H and O–H groups in total. The fourth-order valence-corrected chi connectivity index (χ4v) is 2.78. The number of nitrogens with one attached hydrogen (secondary N) is 2. The lowest BCUT2D eigenvalue weighted by Gasteiger charge is -2.11. The molecule has 2 amide bonds. The Labute approximate surface area is 174 Å². The van der Waals surface area contributed by atoms with Crippen LogP contribution in [0.25, 0.3) is 6.08 Å². The van der Waals surface area contributed by atoms with Gasteiger partial charge in [-0.2, -0.15) is 0 Å². The molecule has 0 unspecified atom stereocenters. The van der Waals surface area contributed by atoms with E-state index in [1.54, 1.807) is 0 Å². The van der Waals surface area contributed by atoms with E-state index in [9.17, 15) is 19.8 Å². The molecule has 152 valence electrons. The van der Waals surface area contributed by atoms with E-state index in [2.05, 4.69) is 10.6 Å². The van der Waals surface area contributed by atoms with Crippen LogP contribution in [-0.4, -0.2) is 22.0 Å². The molecule has 0 saturated heterocycles. The number of hydrogen-bond acceptors (Lipinski definition) is 4. The number of amides is 2. The van der Waals surface area contributed by atoms with E-state index in [1.165, 1.54) is 24.3 Å². The smallest absolute Gasteiger partial charge is 0.257 e. The van der Waals surface area contributed by atoms with Gasteiger partial charge in [0.1, 0.15) is 5.57 Å². The Balaban J connectivity index is 1.79. The van der Waals surface area contributed by atoms with Crippen LogP contribution in [0, 0.1) is 0 Å². The van der Waals surface area contributed by atoms with Crippen molar-refractivity contribution in [3.05, 3.63) is 101 Å². The normalized spacial score (nSPS) is 10.1. The summed E-state index contributed by atoms with van der Waals surface area (Å²) in [5, 5.41) is 24.7. The van der Waals surface area contributed by atoms with E-state index in [0.29, 0.717) is 5.56 Å². The van der Waals surface area contributed by atoms with Crippen LogP contribution in [0.5, 0.6) is 11.5 Å². The zero-order valence-corrected chi connectivity index (χ0v) is 16.2. The molecule has 3 aromatic rings. The first-order valence-electron chi connectivity index (χ1n) is 9.41. The first kappa shape index (κ1) is 20.7. The summed E-state index contributed by atoms with van der Waals surface area (Å²) in [5.41, 5.74) is 2.10. The van der Waals surface area contributed by atoms with Crippen molar-refractivity contribution in [1.29, 1.82) is 0 Å². The van der Waals surface area contributed by atoms with Crippen LogP contribution < -0.4 is 10.6 Å². The van der Waals surface area contributed by atoms with E-state index in [4.69, 9.17) is 0 Å². The van der Waals surface area contributed by atoms with Gasteiger partial charge < -0.3 is 20.8 Å². The fraction of sp³-hybridized carbons (Fsp3) is 0.0833. The highest BCUT2D eigenvalue weighted by Crippen LogP contribution is 2.26. The number of aromatic hydroxyl groups is 2. The van der Waals surface area contributed by atoms with Crippen molar-refractivity contribution < 1.29 is 19.8 Å². The number of hydrogen-bond donors (Lipinski definition) is 4. The molecule has 30 heavy (non-hydrogen) atoms. The third-order valence-corrected chi connectivity index (χ3v) is 4.39. The second-order valence-corrected chi connectivity index (χ2v) is 6.64. The highest BCUT2D eigenvalue weighted by Gasteiger charge is 2.18.